The SMILES string of the molecule is CC[C@@H]([C@H](C)OCc1ccccc1)n1ncn(-c2ccc(N3CCN(c4ccc(B5OC(C)(C)C(C)(C)O5)cc4)CC3)cc2)c1=O. The van der Waals surface area contributed by atoms with E-state index in [1.807, 2.05) is 49.4 Å². The molecule has 2 fully saturated rings. The van der Waals surface area contributed by atoms with Gasteiger partial charge in [-0.15, -0.1) is 0 Å². The van der Waals surface area contributed by atoms with Gasteiger partial charge in [0, 0.05) is 37.6 Å². The quantitative estimate of drug-likeness (QED) is 0.225. The molecule has 2 saturated heterocycles. The zero-order valence-electron chi connectivity index (χ0n) is 27.9. The zero-order valence-corrected chi connectivity index (χ0v) is 27.9. The Hall–Kier alpha value is -3.86. The lowest BCUT2D eigenvalue weighted by atomic mass is 9.79. The Labute approximate surface area is 272 Å². The molecule has 2 aliphatic rings. The Kier molecular flexibility index (Phi) is 9.14. The van der Waals surface area contributed by atoms with Gasteiger partial charge >= 0.3 is 12.8 Å². The Bertz CT molecular complexity index is 1630. The van der Waals surface area contributed by atoms with Gasteiger partial charge in [-0.2, -0.15) is 5.10 Å². The molecule has 0 bridgehead atoms. The number of rotatable bonds is 10. The van der Waals surface area contributed by atoms with E-state index in [9.17, 15) is 4.79 Å². The van der Waals surface area contributed by atoms with Crippen molar-refractivity contribution in [1.82, 2.24) is 14.3 Å². The van der Waals surface area contributed by atoms with E-state index < -0.39 is 0 Å². The van der Waals surface area contributed by atoms with Crippen molar-refractivity contribution in [3.05, 3.63) is 101 Å². The van der Waals surface area contributed by atoms with E-state index in [4.69, 9.17) is 14.0 Å². The van der Waals surface area contributed by atoms with E-state index in [-0.39, 0.29) is 36.2 Å². The number of hydrogen-bond acceptors (Lipinski definition) is 7. The van der Waals surface area contributed by atoms with Crippen molar-refractivity contribution < 1.29 is 14.0 Å². The van der Waals surface area contributed by atoms with Crippen LogP contribution in [0.15, 0.2) is 90.0 Å². The van der Waals surface area contributed by atoms with Crippen LogP contribution in [0.1, 0.15) is 59.6 Å². The second kappa shape index (κ2) is 13.1. The largest absolute Gasteiger partial charge is 0.494 e. The summed E-state index contributed by atoms with van der Waals surface area (Å²) in [6.07, 6.45) is 2.18. The van der Waals surface area contributed by atoms with E-state index in [1.165, 1.54) is 5.69 Å². The van der Waals surface area contributed by atoms with Crippen molar-refractivity contribution in [3.63, 3.8) is 0 Å². The number of anilines is 2. The van der Waals surface area contributed by atoms with Crippen LogP contribution in [0.5, 0.6) is 0 Å². The van der Waals surface area contributed by atoms with Crippen LogP contribution < -0.4 is 21.0 Å². The molecule has 46 heavy (non-hydrogen) atoms. The van der Waals surface area contributed by atoms with E-state index in [2.05, 4.69) is 85.9 Å². The Morgan fingerprint density at radius 3 is 1.87 bits per heavy atom. The molecule has 10 heteroatoms. The number of aromatic nitrogens is 3. The molecular formula is C36H46BN5O4. The molecule has 2 aliphatic heterocycles. The van der Waals surface area contributed by atoms with Gasteiger partial charge in [-0.3, -0.25) is 0 Å². The molecule has 0 aliphatic carbocycles. The summed E-state index contributed by atoms with van der Waals surface area (Å²) in [6.45, 7) is 16.6. The van der Waals surface area contributed by atoms with Crippen LogP contribution >= 0.6 is 0 Å². The van der Waals surface area contributed by atoms with Crippen molar-refractivity contribution in [2.75, 3.05) is 36.0 Å². The maximum atomic E-state index is 13.4. The molecule has 1 aromatic heterocycles. The first-order valence-corrected chi connectivity index (χ1v) is 16.4. The molecule has 3 heterocycles. The molecule has 0 N–H and O–H groups in total. The number of piperazine rings is 1. The van der Waals surface area contributed by atoms with Crippen molar-refractivity contribution in [3.8, 4) is 5.69 Å². The summed E-state index contributed by atoms with van der Waals surface area (Å²) in [7, 11) is -0.348. The van der Waals surface area contributed by atoms with Crippen molar-refractivity contribution in [2.24, 2.45) is 0 Å². The summed E-state index contributed by atoms with van der Waals surface area (Å²) in [5, 5.41) is 4.49. The lowest BCUT2D eigenvalue weighted by Crippen LogP contribution is -2.46. The lowest BCUT2D eigenvalue weighted by molar-refractivity contribution is 0.00578. The molecule has 2 atom stereocenters. The highest BCUT2D eigenvalue weighted by Gasteiger charge is 2.51. The molecule has 0 amide bonds. The summed E-state index contributed by atoms with van der Waals surface area (Å²) < 4.78 is 21.7. The highest BCUT2D eigenvalue weighted by molar-refractivity contribution is 6.62. The van der Waals surface area contributed by atoms with E-state index in [0.717, 1.165) is 55.0 Å². The van der Waals surface area contributed by atoms with Gasteiger partial charge in [0.05, 0.1) is 35.6 Å². The average Bonchev–Trinajstić information content (AvgIpc) is 3.55. The van der Waals surface area contributed by atoms with Crippen LogP contribution in [0.4, 0.5) is 11.4 Å². The van der Waals surface area contributed by atoms with E-state index >= 15 is 0 Å². The molecule has 4 aromatic rings. The Morgan fingerprint density at radius 2 is 1.33 bits per heavy atom. The minimum absolute atomic E-state index is 0.159. The number of nitrogens with zero attached hydrogens (tertiary/aromatic N) is 5. The predicted molar refractivity (Wildman–Crippen MR) is 184 cm³/mol. The number of ether oxygens (including phenoxy) is 1. The van der Waals surface area contributed by atoms with Crippen molar-refractivity contribution in [1.29, 1.82) is 0 Å². The molecule has 0 unspecified atom stereocenters. The zero-order chi connectivity index (χ0) is 32.5. The third-order valence-electron chi connectivity index (χ3n) is 9.88. The summed E-state index contributed by atoms with van der Waals surface area (Å²) in [5.41, 5.74) is 4.45. The van der Waals surface area contributed by atoms with Gasteiger partial charge in [0.15, 0.2) is 0 Å². The number of benzene rings is 3. The monoisotopic (exact) mass is 623 g/mol. The highest BCUT2D eigenvalue weighted by atomic mass is 16.7. The van der Waals surface area contributed by atoms with Crippen LogP contribution in [-0.4, -0.2) is 65.0 Å². The van der Waals surface area contributed by atoms with Gasteiger partial charge in [0.25, 0.3) is 0 Å². The van der Waals surface area contributed by atoms with Crippen LogP contribution in [0.25, 0.3) is 5.69 Å². The second-order valence-electron chi connectivity index (χ2n) is 13.4. The maximum Gasteiger partial charge on any atom is 0.494 e. The van der Waals surface area contributed by atoms with Gasteiger partial charge in [-0.1, -0.05) is 49.4 Å². The molecule has 0 spiro atoms. The van der Waals surface area contributed by atoms with Crippen LogP contribution in [0, 0.1) is 0 Å². The molecule has 0 saturated carbocycles. The fourth-order valence-electron chi connectivity index (χ4n) is 6.21. The van der Waals surface area contributed by atoms with Crippen molar-refractivity contribution >= 4 is 24.0 Å². The molecule has 0 radical (unpaired) electrons. The summed E-state index contributed by atoms with van der Waals surface area (Å²) in [6, 6.07) is 26.7. The second-order valence-corrected chi connectivity index (χ2v) is 13.4. The third kappa shape index (κ3) is 6.52. The minimum Gasteiger partial charge on any atom is -0.399 e. The molecule has 9 nitrogen and oxygen atoms in total. The van der Waals surface area contributed by atoms with Gasteiger partial charge in [0.2, 0.25) is 0 Å². The van der Waals surface area contributed by atoms with Gasteiger partial charge in [0.1, 0.15) is 6.33 Å². The number of hydrogen-bond donors (Lipinski definition) is 0. The Balaban J connectivity index is 1.05. The first-order valence-electron chi connectivity index (χ1n) is 16.4. The van der Waals surface area contributed by atoms with Gasteiger partial charge < -0.3 is 23.8 Å². The Morgan fingerprint density at radius 1 is 0.804 bits per heavy atom. The third-order valence-corrected chi connectivity index (χ3v) is 9.88. The predicted octanol–water partition coefficient (Wildman–Crippen LogP) is 5.22. The fraction of sp³-hybridized carbons (Fsp3) is 0.444. The standard InChI is InChI=1S/C36H46BN5O4/c1-7-33(27(2)44-25-28-11-9-8-10-12-28)42-34(43)41(26-38-42)32-19-17-31(18-20-32)40-23-21-39(22-24-40)30-15-13-29(14-16-30)37-45-35(3,4)36(5,6)46-37/h8-20,26-27,33H,7,21-25H2,1-6H3/t27-,33-/m0/s1. The topological polar surface area (TPSA) is 74.0 Å². The average molecular weight is 624 g/mol. The highest BCUT2D eigenvalue weighted by Crippen LogP contribution is 2.36. The van der Waals surface area contributed by atoms with Crippen molar-refractivity contribution in [2.45, 2.75) is 77.9 Å². The fourth-order valence-corrected chi connectivity index (χ4v) is 6.21. The van der Waals surface area contributed by atoms with Crippen LogP contribution in [-0.2, 0) is 20.7 Å². The first kappa shape index (κ1) is 32.1. The summed E-state index contributed by atoms with van der Waals surface area (Å²) in [5.74, 6) is 0. The molecule has 3 aromatic carbocycles. The molecular weight excluding hydrogens is 577 g/mol. The van der Waals surface area contributed by atoms with Crippen LogP contribution in [0.2, 0.25) is 0 Å². The van der Waals surface area contributed by atoms with E-state index in [1.54, 1.807) is 15.6 Å². The van der Waals surface area contributed by atoms with Gasteiger partial charge in [-0.25, -0.2) is 14.0 Å². The normalized spacial score (nSPS) is 19.0. The molecule has 242 valence electrons. The molecule has 6 rings (SSSR count). The first-order chi connectivity index (χ1) is 22.1. The van der Waals surface area contributed by atoms with Gasteiger partial charge in [-0.05, 0) is 88.5 Å². The maximum absolute atomic E-state index is 13.4. The van der Waals surface area contributed by atoms with E-state index in [0.29, 0.717) is 6.61 Å². The minimum atomic E-state index is -0.349. The van der Waals surface area contributed by atoms with Crippen LogP contribution in [0.3, 0.4) is 0 Å². The lowest BCUT2D eigenvalue weighted by Gasteiger charge is -2.37. The summed E-state index contributed by atoms with van der Waals surface area (Å²) >= 11 is 0. The smallest absolute Gasteiger partial charge is 0.399 e. The summed E-state index contributed by atoms with van der Waals surface area (Å²) in [4.78, 5) is 18.2.